The van der Waals surface area contributed by atoms with Crippen molar-refractivity contribution in [3.8, 4) is 0 Å². The lowest BCUT2D eigenvalue weighted by molar-refractivity contribution is -0.384. The second kappa shape index (κ2) is 9.68. The zero-order chi connectivity index (χ0) is 23.4. The third-order valence-electron chi connectivity index (χ3n) is 5.62. The predicted molar refractivity (Wildman–Crippen MR) is 118 cm³/mol. The van der Waals surface area contributed by atoms with Gasteiger partial charge >= 0.3 is 11.7 Å². The van der Waals surface area contributed by atoms with Crippen LogP contribution in [0.4, 0.5) is 5.69 Å². The van der Waals surface area contributed by atoms with Crippen LogP contribution in [0.15, 0.2) is 51.7 Å². The van der Waals surface area contributed by atoms with E-state index in [4.69, 9.17) is 9.15 Å². The molecule has 0 radical (unpaired) electrons. The second-order valence-electron chi connectivity index (χ2n) is 7.89. The Bertz CT molecular complexity index is 1240. The number of oxazole rings is 1. The van der Waals surface area contributed by atoms with Crippen LogP contribution in [0, 0.1) is 10.1 Å². The Morgan fingerprint density at radius 3 is 2.52 bits per heavy atom. The number of hydrogen-bond acceptors (Lipinski definition) is 7. The summed E-state index contributed by atoms with van der Waals surface area (Å²) >= 11 is 0. The summed E-state index contributed by atoms with van der Waals surface area (Å²) in [6.45, 7) is 1.89. The summed E-state index contributed by atoms with van der Waals surface area (Å²) in [6.07, 6.45) is 2.51. The Kier molecular flexibility index (Phi) is 6.53. The Morgan fingerprint density at radius 1 is 1.09 bits per heavy atom. The molecule has 0 aliphatic carbocycles. The molecule has 0 N–H and O–H groups in total. The van der Waals surface area contributed by atoms with E-state index in [0.717, 1.165) is 31.5 Å². The van der Waals surface area contributed by atoms with E-state index in [1.807, 2.05) is 4.90 Å². The summed E-state index contributed by atoms with van der Waals surface area (Å²) in [5, 5.41) is 10.9. The van der Waals surface area contributed by atoms with Crippen LogP contribution in [0.1, 0.15) is 41.6 Å². The first-order valence-electron chi connectivity index (χ1n) is 10.7. The van der Waals surface area contributed by atoms with Gasteiger partial charge in [-0.3, -0.25) is 24.3 Å². The lowest BCUT2D eigenvalue weighted by Crippen LogP contribution is -2.27. The maximum atomic E-state index is 12.4. The molecule has 3 aromatic rings. The predicted octanol–water partition coefficient (Wildman–Crippen LogP) is 3.26. The van der Waals surface area contributed by atoms with Gasteiger partial charge in [0.2, 0.25) is 0 Å². The van der Waals surface area contributed by atoms with E-state index in [2.05, 4.69) is 0 Å². The monoisotopic (exact) mass is 453 g/mol. The molecule has 1 aliphatic heterocycles. The van der Waals surface area contributed by atoms with Crippen molar-refractivity contribution in [2.45, 2.75) is 38.8 Å². The average Bonchev–Trinajstić information content (AvgIpc) is 3.45. The third kappa shape index (κ3) is 5.11. The van der Waals surface area contributed by atoms with E-state index in [1.165, 1.54) is 22.8 Å². The molecular formula is C23H23N3O7. The van der Waals surface area contributed by atoms with Gasteiger partial charge < -0.3 is 14.1 Å². The summed E-state index contributed by atoms with van der Waals surface area (Å²) in [7, 11) is 0. The van der Waals surface area contributed by atoms with Crippen LogP contribution >= 0.6 is 0 Å². The molecule has 33 heavy (non-hydrogen) atoms. The van der Waals surface area contributed by atoms with Gasteiger partial charge in [0.15, 0.2) is 5.58 Å². The lowest BCUT2D eigenvalue weighted by Gasteiger charge is -2.15. The number of amides is 1. The van der Waals surface area contributed by atoms with Crippen molar-refractivity contribution in [2.75, 3.05) is 13.1 Å². The first-order valence-corrected chi connectivity index (χ1v) is 10.7. The quantitative estimate of drug-likeness (QED) is 0.291. The topological polar surface area (TPSA) is 125 Å². The minimum atomic E-state index is -0.637. The number of benzene rings is 2. The fourth-order valence-corrected chi connectivity index (χ4v) is 3.84. The highest BCUT2D eigenvalue weighted by Crippen LogP contribution is 2.20. The Morgan fingerprint density at radius 2 is 1.82 bits per heavy atom. The normalized spacial score (nSPS) is 13.4. The molecule has 1 saturated heterocycles. The molecule has 0 bridgehead atoms. The standard InChI is InChI=1S/C23H23N3O7/c27-21(32-15-16-5-7-17(8-6-16)22(28)24-11-1-2-12-24)4-3-13-25-19-10-9-18(26(30)31)14-20(19)33-23(25)29/h5-10,14H,1-4,11-13,15H2. The number of carbonyl (C=O) groups is 2. The molecule has 0 unspecified atom stereocenters. The molecule has 1 aliphatic rings. The minimum absolute atomic E-state index is 0.0210. The number of fused-ring (bicyclic) bond motifs is 1. The zero-order valence-electron chi connectivity index (χ0n) is 17.9. The van der Waals surface area contributed by atoms with Crippen LogP contribution in [-0.4, -0.2) is 39.4 Å². The molecule has 0 saturated carbocycles. The van der Waals surface area contributed by atoms with Crippen molar-refractivity contribution in [2.24, 2.45) is 0 Å². The zero-order valence-corrected chi connectivity index (χ0v) is 17.9. The molecule has 172 valence electrons. The fraction of sp³-hybridized carbons (Fsp3) is 0.348. The molecular weight excluding hydrogens is 430 g/mol. The van der Waals surface area contributed by atoms with Crippen molar-refractivity contribution in [3.05, 3.63) is 74.3 Å². The molecule has 1 fully saturated rings. The summed E-state index contributed by atoms with van der Waals surface area (Å²) in [6, 6.07) is 11.0. The van der Waals surface area contributed by atoms with E-state index in [1.54, 1.807) is 24.3 Å². The maximum Gasteiger partial charge on any atom is 0.419 e. The number of aromatic nitrogens is 1. The van der Waals surface area contributed by atoms with Crippen molar-refractivity contribution in [3.63, 3.8) is 0 Å². The summed E-state index contributed by atoms with van der Waals surface area (Å²) in [5.74, 6) is -1.03. The molecule has 10 heteroatoms. The van der Waals surface area contributed by atoms with Crippen LogP contribution in [0.2, 0.25) is 0 Å². The van der Waals surface area contributed by atoms with E-state index in [9.17, 15) is 24.5 Å². The molecule has 1 aromatic heterocycles. The number of nitro groups is 1. The highest BCUT2D eigenvalue weighted by atomic mass is 16.6. The number of ether oxygens (including phenoxy) is 1. The lowest BCUT2D eigenvalue weighted by atomic mass is 10.1. The number of rotatable bonds is 8. The van der Waals surface area contributed by atoms with Crippen LogP contribution in [0.25, 0.3) is 11.1 Å². The Balaban J connectivity index is 1.26. The SMILES string of the molecule is O=C(CCCn1c(=O)oc2cc([N+](=O)[O-])ccc21)OCc1ccc(C(=O)N2CCCC2)cc1. The van der Waals surface area contributed by atoms with Gasteiger partial charge in [-0.1, -0.05) is 12.1 Å². The van der Waals surface area contributed by atoms with Gasteiger partial charge in [0, 0.05) is 37.7 Å². The number of esters is 1. The summed E-state index contributed by atoms with van der Waals surface area (Å²) < 4.78 is 11.7. The van der Waals surface area contributed by atoms with Crippen molar-refractivity contribution < 1.29 is 23.7 Å². The van der Waals surface area contributed by atoms with Crippen molar-refractivity contribution in [1.82, 2.24) is 9.47 Å². The highest BCUT2D eigenvalue weighted by molar-refractivity contribution is 5.94. The number of carbonyl (C=O) groups excluding carboxylic acids is 2. The number of nitrogens with zero attached hydrogens (tertiary/aromatic N) is 3. The van der Waals surface area contributed by atoms with E-state index < -0.39 is 16.6 Å². The number of hydrogen-bond donors (Lipinski definition) is 0. The smallest absolute Gasteiger partial charge is 0.419 e. The first kappa shape index (κ1) is 22.3. The van der Waals surface area contributed by atoms with E-state index in [0.29, 0.717) is 17.5 Å². The van der Waals surface area contributed by atoms with Crippen LogP contribution < -0.4 is 5.76 Å². The second-order valence-corrected chi connectivity index (χ2v) is 7.89. The van der Waals surface area contributed by atoms with Gasteiger partial charge in [0.1, 0.15) is 6.61 Å². The highest BCUT2D eigenvalue weighted by Gasteiger charge is 2.19. The van der Waals surface area contributed by atoms with Gasteiger partial charge in [-0.05, 0) is 43.0 Å². The summed E-state index contributed by atoms with van der Waals surface area (Å²) in [4.78, 5) is 48.6. The van der Waals surface area contributed by atoms with Crippen LogP contribution in [-0.2, 0) is 22.7 Å². The van der Waals surface area contributed by atoms with Crippen LogP contribution in [0.5, 0.6) is 0 Å². The average molecular weight is 453 g/mol. The van der Waals surface area contributed by atoms with E-state index in [-0.39, 0.29) is 36.8 Å². The van der Waals surface area contributed by atoms with Gasteiger partial charge in [-0.15, -0.1) is 0 Å². The molecule has 0 atom stereocenters. The molecule has 10 nitrogen and oxygen atoms in total. The molecule has 2 aromatic carbocycles. The first-order chi connectivity index (χ1) is 15.9. The summed E-state index contributed by atoms with van der Waals surface area (Å²) in [5.41, 5.74) is 1.79. The molecule has 0 spiro atoms. The largest absolute Gasteiger partial charge is 0.461 e. The molecule has 1 amide bonds. The Labute approximate surface area is 188 Å². The van der Waals surface area contributed by atoms with Gasteiger partial charge in [0.25, 0.3) is 11.6 Å². The number of aryl methyl sites for hydroxylation is 1. The number of non-ortho nitro benzene ring substituents is 1. The van der Waals surface area contributed by atoms with Gasteiger partial charge in [0.05, 0.1) is 16.5 Å². The maximum absolute atomic E-state index is 12.4. The van der Waals surface area contributed by atoms with Crippen molar-refractivity contribution >= 4 is 28.7 Å². The number of nitro benzene ring substituents is 1. The molecule has 2 heterocycles. The van der Waals surface area contributed by atoms with Crippen molar-refractivity contribution in [1.29, 1.82) is 0 Å². The van der Waals surface area contributed by atoms with E-state index >= 15 is 0 Å². The Hall–Kier alpha value is -3.95. The fourth-order valence-electron chi connectivity index (χ4n) is 3.84. The van der Waals surface area contributed by atoms with Crippen LogP contribution in [0.3, 0.4) is 0 Å². The van der Waals surface area contributed by atoms with Gasteiger partial charge in [-0.2, -0.15) is 0 Å². The molecule has 4 rings (SSSR count). The number of likely N-dealkylation sites (tertiary alicyclic amines) is 1. The minimum Gasteiger partial charge on any atom is -0.461 e. The third-order valence-corrected chi connectivity index (χ3v) is 5.62. The van der Waals surface area contributed by atoms with Gasteiger partial charge in [-0.25, -0.2) is 4.79 Å².